The first-order valence-electron chi connectivity index (χ1n) is 7.18. The molecule has 1 atom stereocenters. The second-order valence-electron chi connectivity index (χ2n) is 5.25. The highest BCUT2D eigenvalue weighted by atomic mass is 16.1. The van der Waals surface area contributed by atoms with Gasteiger partial charge >= 0.3 is 0 Å². The Bertz CT molecular complexity index is 410. The summed E-state index contributed by atoms with van der Waals surface area (Å²) in [7, 11) is 0. The summed E-state index contributed by atoms with van der Waals surface area (Å²) < 4.78 is 0. The number of pyridine rings is 1. The molecule has 4 nitrogen and oxygen atoms in total. The first-order chi connectivity index (χ1) is 9.20. The van der Waals surface area contributed by atoms with E-state index in [0.717, 1.165) is 30.9 Å². The van der Waals surface area contributed by atoms with Gasteiger partial charge in [-0.1, -0.05) is 19.9 Å². The van der Waals surface area contributed by atoms with E-state index in [4.69, 9.17) is 0 Å². The number of hydrogen-bond donors (Lipinski definition) is 1. The predicted molar refractivity (Wildman–Crippen MR) is 77.0 cm³/mol. The number of rotatable bonds is 5. The molecule has 104 valence electrons. The zero-order valence-corrected chi connectivity index (χ0v) is 11.9. The van der Waals surface area contributed by atoms with Crippen LogP contribution in [0.15, 0.2) is 18.3 Å². The zero-order chi connectivity index (χ0) is 13.7. The fourth-order valence-corrected chi connectivity index (χ4v) is 2.20. The number of anilines is 1. The summed E-state index contributed by atoms with van der Waals surface area (Å²) in [6, 6.07) is 4.10. The summed E-state index contributed by atoms with van der Waals surface area (Å²) in [5.41, 5.74) is 1.06. The third-order valence-electron chi connectivity index (χ3n) is 3.77. The molecule has 19 heavy (non-hydrogen) atoms. The quantitative estimate of drug-likeness (QED) is 0.885. The lowest BCUT2D eigenvalue weighted by atomic mass is 10.1. The van der Waals surface area contributed by atoms with Crippen molar-refractivity contribution in [2.24, 2.45) is 5.92 Å². The Morgan fingerprint density at radius 3 is 2.74 bits per heavy atom. The van der Waals surface area contributed by atoms with E-state index in [1.807, 2.05) is 20.0 Å². The second kappa shape index (κ2) is 6.55. The molecule has 1 unspecified atom stereocenters. The number of amides is 1. The van der Waals surface area contributed by atoms with Crippen LogP contribution in [0.1, 0.15) is 38.7 Å². The molecule has 1 saturated heterocycles. The van der Waals surface area contributed by atoms with Gasteiger partial charge in [-0.25, -0.2) is 4.98 Å². The molecule has 0 aromatic carbocycles. The predicted octanol–water partition coefficient (Wildman–Crippen LogP) is 2.34. The Hall–Kier alpha value is -1.58. The van der Waals surface area contributed by atoms with Crippen LogP contribution in [-0.4, -0.2) is 24.0 Å². The minimum absolute atomic E-state index is 0.0804. The Balaban J connectivity index is 1.86. The van der Waals surface area contributed by atoms with Crippen molar-refractivity contribution in [3.63, 3.8) is 0 Å². The standard InChI is InChI=1S/C15H23N3O/c1-3-12(2)15(19)17-11-13-6-7-14(16-10-13)18-8-4-5-9-18/h6-7,10,12H,3-5,8-9,11H2,1-2H3,(H,17,19). The van der Waals surface area contributed by atoms with Gasteiger partial charge in [-0.2, -0.15) is 0 Å². The topological polar surface area (TPSA) is 45.2 Å². The van der Waals surface area contributed by atoms with Crippen LogP contribution >= 0.6 is 0 Å². The molecular formula is C15H23N3O. The summed E-state index contributed by atoms with van der Waals surface area (Å²) >= 11 is 0. The van der Waals surface area contributed by atoms with Crippen LogP contribution in [0.25, 0.3) is 0 Å². The molecule has 0 saturated carbocycles. The molecule has 1 aromatic rings. The van der Waals surface area contributed by atoms with Gasteiger partial charge in [0.15, 0.2) is 0 Å². The van der Waals surface area contributed by atoms with E-state index in [1.165, 1.54) is 12.8 Å². The summed E-state index contributed by atoms with van der Waals surface area (Å²) in [5.74, 6) is 1.25. The molecule has 0 radical (unpaired) electrons. The number of carbonyl (C=O) groups excluding carboxylic acids is 1. The van der Waals surface area contributed by atoms with Crippen molar-refractivity contribution in [2.45, 2.75) is 39.7 Å². The van der Waals surface area contributed by atoms with Crippen LogP contribution in [0, 0.1) is 5.92 Å². The van der Waals surface area contributed by atoms with E-state index in [2.05, 4.69) is 27.3 Å². The van der Waals surface area contributed by atoms with Gasteiger partial charge in [0.1, 0.15) is 5.82 Å². The van der Waals surface area contributed by atoms with Gasteiger partial charge in [0.25, 0.3) is 0 Å². The lowest BCUT2D eigenvalue weighted by Gasteiger charge is -2.16. The first kappa shape index (κ1) is 13.8. The van der Waals surface area contributed by atoms with Crippen LogP contribution in [0.3, 0.4) is 0 Å². The molecule has 1 aromatic heterocycles. The summed E-state index contributed by atoms with van der Waals surface area (Å²) in [4.78, 5) is 18.5. The highest BCUT2D eigenvalue weighted by Crippen LogP contribution is 2.17. The smallest absolute Gasteiger partial charge is 0.223 e. The number of nitrogens with zero attached hydrogens (tertiary/aromatic N) is 2. The zero-order valence-electron chi connectivity index (χ0n) is 11.9. The van der Waals surface area contributed by atoms with Gasteiger partial charge in [0.2, 0.25) is 5.91 Å². The van der Waals surface area contributed by atoms with Crippen LogP contribution in [0.5, 0.6) is 0 Å². The largest absolute Gasteiger partial charge is 0.357 e. The maximum atomic E-state index is 11.7. The molecule has 1 fully saturated rings. The molecule has 0 bridgehead atoms. The van der Waals surface area contributed by atoms with Crippen molar-refractivity contribution in [1.82, 2.24) is 10.3 Å². The van der Waals surface area contributed by atoms with Crippen LogP contribution in [0.4, 0.5) is 5.82 Å². The first-order valence-corrected chi connectivity index (χ1v) is 7.18. The maximum absolute atomic E-state index is 11.7. The highest BCUT2D eigenvalue weighted by Gasteiger charge is 2.13. The van der Waals surface area contributed by atoms with Crippen molar-refractivity contribution >= 4 is 11.7 Å². The number of aromatic nitrogens is 1. The Labute approximate surface area is 115 Å². The molecular weight excluding hydrogens is 238 g/mol. The average Bonchev–Trinajstić information content (AvgIpc) is 2.98. The number of carbonyl (C=O) groups is 1. The molecule has 2 heterocycles. The van der Waals surface area contributed by atoms with Crippen LogP contribution in [0.2, 0.25) is 0 Å². The normalized spacial score (nSPS) is 16.4. The van der Waals surface area contributed by atoms with Gasteiger partial charge in [-0.15, -0.1) is 0 Å². The van der Waals surface area contributed by atoms with Crippen molar-refractivity contribution < 1.29 is 4.79 Å². The van der Waals surface area contributed by atoms with Crippen LogP contribution < -0.4 is 10.2 Å². The lowest BCUT2D eigenvalue weighted by Crippen LogP contribution is -2.28. The van der Waals surface area contributed by atoms with Gasteiger partial charge in [0, 0.05) is 31.7 Å². The third-order valence-corrected chi connectivity index (χ3v) is 3.77. The lowest BCUT2D eigenvalue weighted by molar-refractivity contribution is -0.124. The van der Waals surface area contributed by atoms with Crippen molar-refractivity contribution in [1.29, 1.82) is 0 Å². The molecule has 1 aliphatic rings. The van der Waals surface area contributed by atoms with Crippen molar-refractivity contribution in [3.8, 4) is 0 Å². The molecule has 1 aliphatic heterocycles. The van der Waals surface area contributed by atoms with E-state index in [-0.39, 0.29) is 11.8 Å². The SMILES string of the molecule is CCC(C)C(=O)NCc1ccc(N2CCCC2)nc1. The Morgan fingerprint density at radius 2 is 2.16 bits per heavy atom. The number of nitrogens with one attached hydrogen (secondary N) is 1. The van der Waals surface area contributed by atoms with E-state index >= 15 is 0 Å². The molecule has 4 heteroatoms. The Kier molecular flexibility index (Phi) is 4.77. The van der Waals surface area contributed by atoms with Gasteiger partial charge in [-0.05, 0) is 30.9 Å². The Morgan fingerprint density at radius 1 is 1.42 bits per heavy atom. The van der Waals surface area contributed by atoms with Gasteiger partial charge in [-0.3, -0.25) is 4.79 Å². The maximum Gasteiger partial charge on any atom is 0.223 e. The minimum atomic E-state index is 0.0804. The summed E-state index contributed by atoms with van der Waals surface area (Å²) in [6.07, 6.45) is 5.26. The fourth-order valence-electron chi connectivity index (χ4n) is 2.20. The van der Waals surface area contributed by atoms with Crippen molar-refractivity contribution in [2.75, 3.05) is 18.0 Å². The van der Waals surface area contributed by atoms with Gasteiger partial charge in [0.05, 0.1) is 0 Å². The molecule has 0 spiro atoms. The fraction of sp³-hybridized carbons (Fsp3) is 0.600. The molecule has 1 N–H and O–H groups in total. The molecule has 0 aliphatic carbocycles. The van der Waals surface area contributed by atoms with E-state index < -0.39 is 0 Å². The third kappa shape index (κ3) is 3.69. The van der Waals surface area contributed by atoms with E-state index in [0.29, 0.717) is 6.54 Å². The summed E-state index contributed by atoms with van der Waals surface area (Å²) in [5, 5.41) is 2.95. The highest BCUT2D eigenvalue weighted by molar-refractivity contribution is 5.78. The van der Waals surface area contributed by atoms with Crippen molar-refractivity contribution in [3.05, 3.63) is 23.9 Å². The van der Waals surface area contributed by atoms with Gasteiger partial charge < -0.3 is 10.2 Å². The average molecular weight is 261 g/mol. The second-order valence-corrected chi connectivity index (χ2v) is 5.25. The monoisotopic (exact) mass is 261 g/mol. The van der Waals surface area contributed by atoms with E-state index in [1.54, 1.807) is 0 Å². The minimum Gasteiger partial charge on any atom is -0.357 e. The molecule has 2 rings (SSSR count). The molecule has 1 amide bonds. The summed E-state index contributed by atoms with van der Waals surface area (Å²) in [6.45, 7) is 6.76. The van der Waals surface area contributed by atoms with Crippen LogP contribution in [-0.2, 0) is 11.3 Å². The number of hydrogen-bond acceptors (Lipinski definition) is 3. The van der Waals surface area contributed by atoms with E-state index in [9.17, 15) is 4.79 Å².